The van der Waals surface area contributed by atoms with E-state index in [4.69, 9.17) is 19.3 Å². The zero-order valence-corrected chi connectivity index (χ0v) is 10.1. The second kappa shape index (κ2) is 4.34. The van der Waals surface area contributed by atoms with Gasteiger partial charge in [-0.2, -0.15) is 0 Å². The van der Waals surface area contributed by atoms with Crippen molar-refractivity contribution in [3.63, 3.8) is 0 Å². The maximum absolute atomic E-state index is 9.78. The van der Waals surface area contributed by atoms with Gasteiger partial charge in [0.25, 0.3) is 5.89 Å². The molecular formula is C11H13N3O5. The van der Waals surface area contributed by atoms with Crippen LogP contribution in [0.2, 0.25) is 0 Å². The normalized spacial score (nSPS) is 27.0. The molecule has 1 aliphatic heterocycles. The lowest BCUT2D eigenvalue weighted by Crippen LogP contribution is -2.24. The Morgan fingerprint density at radius 3 is 2.68 bits per heavy atom. The molecule has 0 spiro atoms. The largest absolute Gasteiger partial charge is 0.463 e. The van der Waals surface area contributed by atoms with Gasteiger partial charge >= 0.3 is 6.01 Å². The fraction of sp³-hybridized carbons (Fsp3) is 0.455. The van der Waals surface area contributed by atoms with Gasteiger partial charge in [0.2, 0.25) is 0 Å². The van der Waals surface area contributed by atoms with Crippen LogP contribution >= 0.6 is 0 Å². The van der Waals surface area contributed by atoms with E-state index in [2.05, 4.69) is 10.2 Å². The van der Waals surface area contributed by atoms with Gasteiger partial charge in [-0.15, -0.1) is 5.10 Å². The van der Waals surface area contributed by atoms with E-state index in [-0.39, 0.29) is 18.5 Å². The minimum Gasteiger partial charge on any atom is -0.463 e. The number of aliphatic hydroxyl groups is 2. The summed E-state index contributed by atoms with van der Waals surface area (Å²) in [6.45, 7) is 1.78. The first kappa shape index (κ1) is 12.2. The summed E-state index contributed by atoms with van der Waals surface area (Å²) in [4.78, 5) is 0. The molecule has 8 heteroatoms. The van der Waals surface area contributed by atoms with Gasteiger partial charge in [0.15, 0.2) is 0 Å². The maximum atomic E-state index is 9.78. The summed E-state index contributed by atoms with van der Waals surface area (Å²) >= 11 is 0. The molecule has 1 unspecified atom stereocenters. The van der Waals surface area contributed by atoms with Gasteiger partial charge in [-0.05, 0) is 13.0 Å². The van der Waals surface area contributed by atoms with E-state index in [9.17, 15) is 10.2 Å². The van der Waals surface area contributed by atoms with E-state index in [0.29, 0.717) is 17.1 Å². The average molecular weight is 267 g/mol. The van der Waals surface area contributed by atoms with Crippen molar-refractivity contribution in [2.45, 2.75) is 25.2 Å². The highest BCUT2D eigenvalue weighted by molar-refractivity contribution is 5.56. The van der Waals surface area contributed by atoms with Crippen molar-refractivity contribution in [2.24, 2.45) is 0 Å². The number of aromatic nitrogens is 2. The van der Waals surface area contributed by atoms with E-state index in [1.165, 1.54) is 0 Å². The molecule has 0 amide bonds. The fourth-order valence-corrected chi connectivity index (χ4v) is 2.05. The summed E-state index contributed by atoms with van der Waals surface area (Å²) in [5.41, 5.74) is 5.95. The third-order valence-corrected chi connectivity index (χ3v) is 3.04. The van der Waals surface area contributed by atoms with Gasteiger partial charge < -0.3 is 29.5 Å². The SMILES string of the molecule is Cc1oc(C2OC[C@@H](O)[C@H]2O)cc1-c1nnc(N)o1. The predicted octanol–water partition coefficient (Wildman–Crippen LogP) is 0.0133. The van der Waals surface area contributed by atoms with Crippen LogP contribution in [0.4, 0.5) is 6.01 Å². The van der Waals surface area contributed by atoms with Gasteiger partial charge in [-0.3, -0.25) is 0 Å². The quantitative estimate of drug-likeness (QED) is 0.694. The first-order chi connectivity index (χ1) is 9.06. The summed E-state index contributed by atoms with van der Waals surface area (Å²) in [5.74, 6) is 1.17. The number of rotatable bonds is 2. The second-order valence-electron chi connectivity index (χ2n) is 4.38. The molecule has 0 aliphatic carbocycles. The summed E-state index contributed by atoms with van der Waals surface area (Å²) in [6.07, 6.45) is -2.65. The lowest BCUT2D eigenvalue weighted by molar-refractivity contribution is 0.0117. The smallest absolute Gasteiger partial charge is 0.313 e. The van der Waals surface area contributed by atoms with Crippen LogP contribution in [0, 0.1) is 6.92 Å². The second-order valence-corrected chi connectivity index (χ2v) is 4.38. The number of nitrogen functional groups attached to an aromatic ring is 1. The lowest BCUT2D eigenvalue weighted by atomic mass is 10.1. The summed E-state index contributed by atoms with van der Waals surface area (Å²) in [5, 5.41) is 26.6. The van der Waals surface area contributed by atoms with E-state index in [1.54, 1.807) is 13.0 Å². The molecular weight excluding hydrogens is 254 g/mol. The molecule has 0 saturated carbocycles. The maximum Gasteiger partial charge on any atom is 0.313 e. The molecule has 1 aliphatic rings. The summed E-state index contributed by atoms with van der Waals surface area (Å²) in [7, 11) is 0. The topological polar surface area (TPSA) is 128 Å². The van der Waals surface area contributed by atoms with E-state index >= 15 is 0 Å². The minimum absolute atomic E-state index is 0.0373. The van der Waals surface area contributed by atoms with Crippen LogP contribution in [0.25, 0.3) is 11.5 Å². The molecule has 1 saturated heterocycles. The van der Waals surface area contributed by atoms with E-state index in [1.807, 2.05) is 0 Å². The van der Waals surface area contributed by atoms with Crippen LogP contribution in [0.1, 0.15) is 17.6 Å². The molecule has 0 bridgehead atoms. The fourth-order valence-electron chi connectivity index (χ4n) is 2.05. The minimum atomic E-state index is -1.02. The number of anilines is 1. The number of hydrogen-bond acceptors (Lipinski definition) is 8. The standard InChI is InChI=1S/C11H13N3O5/c1-4-5(10-13-14-11(12)19-10)2-7(18-4)9-8(16)6(15)3-17-9/h2,6,8-9,15-16H,3H2,1H3,(H2,12,14)/t6-,8-,9?/m1/s1. The van der Waals surface area contributed by atoms with Gasteiger partial charge in [0, 0.05) is 0 Å². The van der Waals surface area contributed by atoms with Gasteiger partial charge in [0.1, 0.15) is 29.8 Å². The Labute approximate surface area is 107 Å². The highest BCUT2D eigenvalue weighted by Crippen LogP contribution is 2.35. The van der Waals surface area contributed by atoms with Crippen molar-refractivity contribution in [2.75, 3.05) is 12.3 Å². The Kier molecular flexibility index (Phi) is 2.77. The van der Waals surface area contributed by atoms with Crippen molar-refractivity contribution in [1.82, 2.24) is 10.2 Å². The molecule has 19 heavy (non-hydrogen) atoms. The zero-order chi connectivity index (χ0) is 13.6. The molecule has 0 radical (unpaired) electrons. The first-order valence-corrected chi connectivity index (χ1v) is 5.73. The third kappa shape index (κ3) is 1.99. The van der Waals surface area contributed by atoms with Crippen LogP contribution in [0.15, 0.2) is 14.9 Å². The zero-order valence-electron chi connectivity index (χ0n) is 10.1. The van der Waals surface area contributed by atoms with E-state index in [0.717, 1.165) is 0 Å². The van der Waals surface area contributed by atoms with Gasteiger partial charge in [-0.25, -0.2) is 0 Å². The molecule has 2 aromatic heterocycles. The highest BCUT2D eigenvalue weighted by Gasteiger charge is 2.38. The average Bonchev–Trinajstić information content (AvgIpc) is 3.02. The number of furan rings is 1. The van der Waals surface area contributed by atoms with Crippen molar-refractivity contribution in [3.05, 3.63) is 17.6 Å². The number of aryl methyl sites for hydroxylation is 1. The van der Waals surface area contributed by atoms with Crippen LogP contribution in [0.5, 0.6) is 0 Å². The number of ether oxygens (including phenoxy) is 1. The van der Waals surface area contributed by atoms with Crippen molar-refractivity contribution in [3.8, 4) is 11.5 Å². The Morgan fingerprint density at radius 1 is 1.32 bits per heavy atom. The molecule has 0 aromatic carbocycles. The van der Waals surface area contributed by atoms with Gasteiger partial charge in [0.05, 0.1) is 12.2 Å². The van der Waals surface area contributed by atoms with Crippen LogP contribution < -0.4 is 5.73 Å². The summed E-state index contributed by atoms with van der Waals surface area (Å²) < 4.78 is 15.9. The van der Waals surface area contributed by atoms with Gasteiger partial charge in [-0.1, -0.05) is 5.10 Å². The third-order valence-electron chi connectivity index (χ3n) is 3.04. The van der Waals surface area contributed by atoms with Crippen LogP contribution in [-0.2, 0) is 4.74 Å². The first-order valence-electron chi connectivity index (χ1n) is 5.73. The molecule has 4 N–H and O–H groups in total. The van der Waals surface area contributed by atoms with Crippen molar-refractivity contribution >= 4 is 6.01 Å². The molecule has 1 fully saturated rings. The number of nitrogens with zero attached hydrogens (tertiary/aromatic N) is 2. The van der Waals surface area contributed by atoms with Crippen molar-refractivity contribution < 1.29 is 23.8 Å². The number of nitrogens with two attached hydrogens (primary N) is 1. The number of hydrogen-bond donors (Lipinski definition) is 3. The monoisotopic (exact) mass is 267 g/mol. The highest BCUT2D eigenvalue weighted by atomic mass is 16.5. The molecule has 2 aromatic rings. The molecule has 3 rings (SSSR count). The van der Waals surface area contributed by atoms with Crippen LogP contribution in [0.3, 0.4) is 0 Å². The Balaban J connectivity index is 1.93. The van der Waals surface area contributed by atoms with Crippen molar-refractivity contribution in [1.29, 1.82) is 0 Å². The number of aliphatic hydroxyl groups excluding tert-OH is 2. The summed E-state index contributed by atoms with van der Waals surface area (Å²) in [6, 6.07) is 1.60. The predicted molar refractivity (Wildman–Crippen MR) is 61.9 cm³/mol. The Bertz CT molecular complexity index is 593. The van der Waals surface area contributed by atoms with Crippen LogP contribution in [-0.4, -0.2) is 39.2 Å². The molecule has 8 nitrogen and oxygen atoms in total. The van der Waals surface area contributed by atoms with E-state index < -0.39 is 18.3 Å². The molecule has 3 atom stereocenters. The molecule has 3 heterocycles. The Hall–Kier alpha value is -1.90. The lowest BCUT2D eigenvalue weighted by Gasteiger charge is -2.11. The molecule has 102 valence electrons. The Morgan fingerprint density at radius 2 is 2.11 bits per heavy atom.